The van der Waals surface area contributed by atoms with E-state index in [2.05, 4.69) is 26.1 Å². The summed E-state index contributed by atoms with van der Waals surface area (Å²) in [5.41, 5.74) is 7.86. The highest BCUT2D eigenvalue weighted by atomic mass is 16.3. The van der Waals surface area contributed by atoms with Gasteiger partial charge < -0.3 is 16.2 Å². The molecule has 0 saturated carbocycles. The third-order valence-electron chi connectivity index (χ3n) is 3.32. The van der Waals surface area contributed by atoms with E-state index in [0.717, 1.165) is 0 Å². The van der Waals surface area contributed by atoms with Gasteiger partial charge >= 0.3 is 0 Å². The molecule has 0 aliphatic heterocycles. The molecule has 0 heterocycles. The average molecular weight is 284 g/mol. The highest BCUT2D eigenvalue weighted by molar-refractivity contribution is 6.07. The van der Waals surface area contributed by atoms with Crippen molar-refractivity contribution in [2.24, 2.45) is 0 Å². The predicted molar refractivity (Wildman–Crippen MR) is 85.6 cm³/mol. The summed E-state index contributed by atoms with van der Waals surface area (Å²) in [7, 11) is 0. The van der Waals surface area contributed by atoms with Crippen molar-refractivity contribution in [3.63, 3.8) is 0 Å². The van der Waals surface area contributed by atoms with Gasteiger partial charge in [0.25, 0.3) is 5.91 Å². The molecule has 1 amide bonds. The van der Waals surface area contributed by atoms with Gasteiger partial charge in [0.1, 0.15) is 0 Å². The normalized spacial score (nSPS) is 11.2. The zero-order valence-corrected chi connectivity index (χ0v) is 12.5. The highest BCUT2D eigenvalue weighted by Crippen LogP contribution is 2.26. The number of amides is 1. The fourth-order valence-electron chi connectivity index (χ4n) is 2.00. The minimum atomic E-state index is -0.386. The van der Waals surface area contributed by atoms with Crippen molar-refractivity contribution in [2.45, 2.75) is 26.2 Å². The molecule has 0 radical (unpaired) electrons. The zero-order valence-electron chi connectivity index (χ0n) is 12.5. The Hall–Kier alpha value is -2.49. The first kappa shape index (κ1) is 14.9. The standard InChI is InChI=1S/C17H20N2O2/c1-17(2,3)11-7-9-12(10-8-11)19-16(21)13-5-4-6-14(18)15(13)20/h4-10,20H,18H2,1-3H3,(H,19,21). The van der Waals surface area contributed by atoms with Gasteiger partial charge in [-0.05, 0) is 35.2 Å². The lowest BCUT2D eigenvalue weighted by Gasteiger charge is -2.19. The number of carbonyl (C=O) groups is 1. The minimum absolute atomic E-state index is 0.0642. The number of benzene rings is 2. The van der Waals surface area contributed by atoms with Crippen LogP contribution in [0.3, 0.4) is 0 Å². The summed E-state index contributed by atoms with van der Waals surface area (Å²) < 4.78 is 0. The van der Waals surface area contributed by atoms with E-state index in [-0.39, 0.29) is 28.3 Å². The van der Waals surface area contributed by atoms with Gasteiger partial charge in [-0.1, -0.05) is 39.0 Å². The Labute approximate surface area is 124 Å². The number of nitrogen functional groups attached to an aromatic ring is 1. The molecule has 4 N–H and O–H groups in total. The maximum absolute atomic E-state index is 12.1. The number of para-hydroxylation sites is 1. The number of hydrogen-bond acceptors (Lipinski definition) is 3. The van der Waals surface area contributed by atoms with Crippen LogP contribution in [0.4, 0.5) is 11.4 Å². The molecule has 2 rings (SSSR count). The molecule has 2 aromatic carbocycles. The summed E-state index contributed by atoms with van der Waals surface area (Å²) in [6.45, 7) is 6.39. The predicted octanol–water partition coefficient (Wildman–Crippen LogP) is 3.52. The fourth-order valence-corrected chi connectivity index (χ4v) is 2.00. The molecular weight excluding hydrogens is 264 g/mol. The molecule has 21 heavy (non-hydrogen) atoms. The quantitative estimate of drug-likeness (QED) is 0.583. The largest absolute Gasteiger partial charge is 0.505 e. The molecule has 2 aromatic rings. The van der Waals surface area contributed by atoms with Crippen LogP contribution in [0.1, 0.15) is 36.7 Å². The summed E-state index contributed by atoms with van der Waals surface area (Å²) in [6.07, 6.45) is 0. The number of phenols is 1. The monoisotopic (exact) mass is 284 g/mol. The third kappa shape index (κ3) is 3.34. The Morgan fingerprint density at radius 3 is 2.29 bits per heavy atom. The molecule has 4 nitrogen and oxygen atoms in total. The van der Waals surface area contributed by atoms with E-state index < -0.39 is 0 Å². The lowest BCUT2D eigenvalue weighted by Crippen LogP contribution is -2.14. The summed E-state index contributed by atoms with van der Waals surface area (Å²) in [5.74, 6) is -0.579. The van der Waals surface area contributed by atoms with E-state index in [1.807, 2.05) is 24.3 Å². The van der Waals surface area contributed by atoms with E-state index in [9.17, 15) is 9.90 Å². The van der Waals surface area contributed by atoms with Gasteiger partial charge in [0.2, 0.25) is 0 Å². The van der Waals surface area contributed by atoms with Crippen molar-refractivity contribution >= 4 is 17.3 Å². The van der Waals surface area contributed by atoms with Crippen LogP contribution in [0.15, 0.2) is 42.5 Å². The van der Waals surface area contributed by atoms with E-state index in [1.165, 1.54) is 11.6 Å². The second-order valence-electron chi connectivity index (χ2n) is 6.02. The van der Waals surface area contributed by atoms with Crippen LogP contribution in [0.25, 0.3) is 0 Å². The van der Waals surface area contributed by atoms with Crippen molar-refractivity contribution in [3.05, 3.63) is 53.6 Å². The van der Waals surface area contributed by atoms with Crippen molar-refractivity contribution < 1.29 is 9.90 Å². The second kappa shape index (κ2) is 5.48. The zero-order chi connectivity index (χ0) is 15.6. The van der Waals surface area contributed by atoms with Crippen LogP contribution >= 0.6 is 0 Å². The van der Waals surface area contributed by atoms with Crippen molar-refractivity contribution in [1.82, 2.24) is 0 Å². The number of nitrogens with one attached hydrogen (secondary N) is 1. The highest BCUT2D eigenvalue weighted by Gasteiger charge is 2.15. The summed E-state index contributed by atoms with van der Waals surface area (Å²) in [4.78, 5) is 12.1. The van der Waals surface area contributed by atoms with Gasteiger partial charge in [0.05, 0.1) is 11.3 Å². The van der Waals surface area contributed by atoms with Crippen LogP contribution in [-0.4, -0.2) is 11.0 Å². The van der Waals surface area contributed by atoms with E-state index in [0.29, 0.717) is 5.69 Å². The number of anilines is 2. The summed E-state index contributed by atoms with van der Waals surface area (Å²) in [6, 6.07) is 12.4. The third-order valence-corrected chi connectivity index (χ3v) is 3.32. The van der Waals surface area contributed by atoms with Crippen molar-refractivity contribution in [1.29, 1.82) is 0 Å². The number of rotatable bonds is 2. The molecule has 0 atom stereocenters. The number of phenolic OH excluding ortho intramolecular Hbond substituents is 1. The van der Waals surface area contributed by atoms with Gasteiger partial charge in [0.15, 0.2) is 5.75 Å². The molecule has 0 saturated heterocycles. The van der Waals surface area contributed by atoms with Gasteiger partial charge in [0, 0.05) is 5.69 Å². The first-order valence-corrected chi connectivity index (χ1v) is 6.78. The Balaban J connectivity index is 2.18. The first-order chi connectivity index (χ1) is 9.79. The van der Waals surface area contributed by atoms with E-state index in [4.69, 9.17) is 5.73 Å². The lowest BCUT2D eigenvalue weighted by atomic mass is 9.87. The Morgan fingerprint density at radius 1 is 1.10 bits per heavy atom. The minimum Gasteiger partial charge on any atom is -0.505 e. The molecule has 0 bridgehead atoms. The number of carbonyl (C=O) groups excluding carboxylic acids is 1. The molecule has 0 fully saturated rings. The molecular formula is C17H20N2O2. The lowest BCUT2D eigenvalue weighted by molar-refractivity contribution is 0.102. The smallest absolute Gasteiger partial charge is 0.259 e. The average Bonchev–Trinajstić information content (AvgIpc) is 2.41. The van der Waals surface area contributed by atoms with E-state index in [1.54, 1.807) is 12.1 Å². The fraction of sp³-hybridized carbons (Fsp3) is 0.235. The topological polar surface area (TPSA) is 75.4 Å². The molecule has 0 unspecified atom stereocenters. The van der Waals surface area contributed by atoms with Crippen LogP contribution in [0, 0.1) is 0 Å². The van der Waals surface area contributed by atoms with Gasteiger partial charge in [-0.15, -0.1) is 0 Å². The van der Waals surface area contributed by atoms with Crippen LogP contribution in [-0.2, 0) is 5.41 Å². The molecule has 0 aromatic heterocycles. The maximum Gasteiger partial charge on any atom is 0.259 e. The second-order valence-corrected chi connectivity index (χ2v) is 6.02. The van der Waals surface area contributed by atoms with Gasteiger partial charge in [-0.2, -0.15) is 0 Å². The SMILES string of the molecule is CC(C)(C)c1ccc(NC(=O)c2cccc(N)c2O)cc1. The number of hydrogen-bond donors (Lipinski definition) is 3. The summed E-state index contributed by atoms with van der Waals surface area (Å²) in [5, 5.41) is 12.6. The molecule has 110 valence electrons. The molecule has 0 spiro atoms. The van der Waals surface area contributed by atoms with Crippen LogP contribution < -0.4 is 11.1 Å². The van der Waals surface area contributed by atoms with Crippen molar-refractivity contribution in [3.8, 4) is 5.75 Å². The van der Waals surface area contributed by atoms with Crippen LogP contribution in [0.5, 0.6) is 5.75 Å². The Kier molecular flexibility index (Phi) is 3.89. The maximum atomic E-state index is 12.1. The molecule has 0 aliphatic carbocycles. The van der Waals surface area contributed by atoms with E-state index >= 15 is 0 Å². The first-order valence-electron chi connectivity index (χ1n) is 6.78. The Bertz CT molecular complexity index is 655. The van der Waals surface area contributed by atoms with Gasteiger partial charge in [-0.3, -0.25) is 4.79 Å². The van der Waals surface area contributed by atoms with Gasteiger partial charge in [-0.25, -0.2) is 0 Å². The summed E-state index contributed by atoms with van der Waals surface area (Å²) >= 11 is 0. The number of nitrogens with two attached hydrogens (primary N) is 1. The number of aromatic hydroxyl groups is 1. The van der Waals surface area contributed by atoms with Crippen LogP contribution in [0.2, 0.25) is 0 Å². The Morgan fingerprint density at radius 2 is 1.71 bits per heavy atom. The molecule has 0 aliphatic rings. The van der Waals surface area contributed by atoms with Crippen molar-refractivity contribution in [2.75, 3.05) is 11.1 Å². The molecule has 4 heteroatoms.